The van der Waals surface area contributed by atoms with Gasteiger partial charge in [0.05, 0.1) is 15.2 Å². The van der Waals surface area contributed by atoms with E-state index in [1.807, 2.05) is 30.0 Å². The van der Waals surface area contributed by atoms with Crippen molar-refractivity contribution in [3.05, 3.63) is 82.5 Å². The van der Waals surface area contributed by atoms with E-state index in [1.54, 1.807) is 12.1 Å². The van der Waals surface area contributed by atoms with Gasteiger partial charge in [-0.25, -0.2) is 23.5 Å². The van der Waals surface area contributed by atoms with Gasteiger partial charge >= 0.3 is 6.03 Å². The zero-order valence-electron chi connectivity index (χ0n) is 21.6. The second kappa shape index (κ2) is 14.0. The first-order valence-corrected chi connectivity index (χ1v) is 13.5. The fourth-order valence-corrected chi connectivity index (χ4v) is 5.06. The Morgan fingerprint density at radius 1 is 1.23 bits per heavy atom. The van der Waals surface area contributed by atoms with E-state index >= 15 is 0 Å². The molecule has 0 aliphatic carbocycles. The summed E-state index contributed by atoms with van der Waals surface area (Å²) in [4.78, 5) is 34.9. The predicted octanol–water partition coefficient (Wildman–Crippen LogP) is 4.59. The zero-order valence-corrected chi connectivity index (χ0v) is 23.2. The molecule has 2 aromatic carbocycles. The topological polar surface area (TPSA) is 151 Å². The standard InChI is InChI=1S/C19H18F2N4O3S2.C7H8N2.H2O.2H2/c1-10-22-15-9-14(3-4-17(15)29-10)25(2)18(26)16(23-19(27)24-30-28)7-11-5-12(20)8-13(21)6-11;1-2-6-3-5-9-7(6)8-4-1;;;/h3-6,8-9,16,28H,7H2,1-2H3,(H2,23,24,27);1-2,4H,3,5H2,(H,8,9);1H2;2*1H/t16-;;;;/m0..../s1. The first kappa shape index (κ1) is 30.7. The highest BCUT2D eigenvalue weighted by Crippen LogP contribution is 2.26. The SMILES string of the molecule is Cc1nc2cc(N(C)C(=O)[C@H](Cc3cc(F)cc(F)c3)NC(=O)NSO)ccc2s1.O.[HH].[HH].c1cnc2c(c1)CCN2. The Morgan fingerprint density at radius 3 is 2.67 bits per heavy atom. The van der Waals surface area contributed by atoms with Gasteiger partial charge in [-0.15, -0.1) is 11.3 Å². The summed E-state index contributed by atoms with van der Waals surface area (Å²) in [5.41, 5.74) is 2.83. The van der Waals surface area contributed by atoms with Crippen LogP contribution in [0.25, 0.3) is 10.2 Å². The van der Waals surface area contributed by atoms with E-state index in [0.29, 0.717) is 5.69 Å². The minimum atomic E-state index is -1.14. The number of rotatable bonds is 6. The molecule has 14 heteroatoms. The Morgan fingerprint density at radius 2 is 1.98 bits per heavy atom. The average molecular weight is 595 g/mol. The smallest absolute Gasteiger partial charge is 0.327 e. The third kappa shape index (κ3) is 7.85. The van der Waals surface area contributed by atoms with Gasteiger partial charge in [-0.1, -0.05) is 6.07 Å². The normalized spacial score (nSPS) is 12.2. The average Bonchev–Trinajstić information content (AvgIpc) is 3.52. The van der Waals surface area contributed by atoms with E-state index in [4.69, 9.17) is 4.55 Å². The Hall–Kier alpha value is -3.85. The molecule has 1 aliphatic heterocycles. The number of amides is 3. The lowest BCUT2D eigenvalue weighted by atomic mass is 10.0. The number of halogens is 2. The van der Waals surface area contributed by atoms with E-state index in [0.717, 1.165) is 52.2 Å². The molecule has 10 nitrogen and oxygen atoms in total. The quantitative estimate of drug-likeness (QED) is 0.188. The number of carbonyl (C=O) groups is 2. The van der Waals surface area contributed by atoms with Crippen molar-refractivity contribution in [3.63, 3.8) is 0 Å². The number of fused-ring (bicyclic) bond motifs is 2. The van der Waals surface area contributed by atoms with Crippen LogP contribution in [0.4, 0.5) is 25.1 Å². The summed E-state index contributed by atoms with van der Waals surface area (Å²) in [5.74, 6) is -1.02. The number of carbonyl (C=O) groups excluding carboxylic acids is 2. The van der Waals surface area contributed by atoms with E-state index in [9.17, 15) is 18.4 Å². The van der Waals surface area contributed by atoms with E-state index in [-0.39, 0.29) is 32.5 Å². The molecule has 0 bridgehead atoms. The third-order valence-electron chi connectivity index (χ3n) is 5.88. The third-order valence-corrected chi connectivity index (χ3v) is 7.11. The highest BCUT2D eigenvalue weighted by molar-refractivity contribution is 7.92. The number of hydrogen-bond donors (Lipinski definition) is 4. The van der Waals surface area contributed by atoms with Crippen LogP contribution in [0.5, 0.6) is 0 Å². The molecule has 1 aliphatic rings. The van der Waals surface area contributed by atoms with Crippen molar-refractivity contribution in [1.29, 1.82) is 0 Å². The summed E-state index contributed by atoms with van der Waals surface area (Å²) >= 11 is 1.60. The van der Waals surface area contributed by atoms with Crippen LogP contribution in [0.1, 0.15) is 19.0 Å². The number of pyridine rings is 1. The first-order chi connectivity index (χ1) is 18.7. The summed E-state index contributed by atoms with van der Waals surface area (Å²) < 4.78 is 38.9. The number of aromatic nitrogens is 2. The number of likely N-dealkylation sites (N-methyl/N-ethyl adjacent to an activating group) is 1. The molecular formula is C26H32F2N6O4S2. The monoisotopic (exact) mass is 594 g/mol. The number of benzene rings is 2. The molecule has 5 rings (SSSR count). The van der Waals surface area contributed by atoms with Gasteiger partial charge in [0.15, 0.2) is 0 Å². The second-order valence-electron chi connectivity index (χ2n) is 8.67. The summed E-state index contributed by atoms with van der Waals surface area (Å²) in [6.07, 6.45) is 2.79. The molecule has 0 fully saturated rings. The van der Waals surface area contributed by atoms with Crippen molar-refractivity contribution >= 4 is 57.2 Å². The molecule has 3 heterocycles. The van der Waals surface area contributed by atoms with Gasteiger partial charge in [0.2, 0.25) is 5.91 Å². The maximum atomic E-state index is 13.6. The van der Waals surface area contributed by atoms with Crippen LogP contribution in [0, 0.1) is 18.6 Å². The number of nitrogens with zero attached hydrogens (tertiary/aromatic N) is 3. The summed E-state index contributed by atoms with van der Waals surface area (Å²) in [7, 11) is 1.53. The molecule has 216 valence electrons. The number of nitrogens with one attached hydrogen (secondary N) is 3. The molecule has 0 unspecified atom stereocenters. The zero-order chi connectivity index (χ0) is 27.9. The number of aryl methyl sites for hydroxylation is 1. The van der Waals surface area contributed by atoms with Crippen molar-refractivity contribution < 1.29 is 31.3 Å². The van der Waals surface area contributed by atoms with Crippen molar-refractivity contribution in [2.45, 2.75) is 25.8 Å². The lowest BCUT2D eigenvalue weighted by molar-refractivity contribution is -0.120. The molecule has 40 heavy (non-hydrogen) atoms. The van der Waals surface area contributed by atoms with Crippen molar-refractivity contribution in [2.75, 3.05) is 23.8 Å². The van der Waals surface area contributed by atoms with E-state index in [2.05, 4.69) is 26.7 Å². The molecular weight excluding hydrogens is 562 g/mol. The molecule has 0 saturated heterocycles. The molecule has 1 atom stereocenters. The first-order valence-electron chi connectivity index (χ1n) is 11.9. The highest BCUT2D eigenvalue weighted by Gasteiger charge is 2.26. The summed E-state index contributed by atoms with van der Waals surface area (Å²) in [6.45, 7) is 2.93. The van der Waals surface area contributed by atoms with Gasteiger partial charge in [0.1, 0.15) is 35.7 Å². The second-order valence-corrected chi connectivity index (χ2v) is 10.3. The molecule has 0 spiro atoms. The number of hydrogen-bond acceptors (Lipinski definition) is 8. The maximum Gasteiger partial charge on any atom is 0.327 e. The fourth-order valence-electron chi connectivity index (χ4n) is 4.11. The van der Waals surface area contributed by atoms with E-state index in [1.165, 1.54) is 28.8 Å². The Kier molecular flexibility index (Phi) is 10.7. The Bertz CT molecular complexity index is 1460. The maximum absolute atomic E-state index is 13.6. The summed E-state index contributed by atoms with van der Waals surface area (Å²) in [6, 6.07) is 10.4. The van der Waals surface area contributed by atoms with Gasteiger partial charge < -0.3 is 25.6 Å². The molecule has 4 aromatic rings. The van der Waals surface area contributed by atoms with Gasteiger partial charge in [-0.2, -0.15) is 0 Å². The van der Waals surface area contributed by atoms with Gasteiger partial charge in [-0.05, 0) is 60.9 Å². The minimum absolute atomic E-state index is 0. The van der Waals surface area contributed by atoms with Crippen molar-refractivity contribution in [3.8, 4) is 0 Å². The van der Waals surface area contributed by atoms with Crippen LogP contribution in [0.2, 0.25) is 0 Å². The number of thiazole rings is 1. The molecule has 3 amide bonds. The lowest BCUT2D eigenvalue weighted by Gasteiger charge is -2.25. The van der Waals surface area contributed by atoms with Crippen LogP contribution in [0.15, 0.2) is 54.7 Å². The van der Waals surface area contributed by atoms with Crippen LogP contribution in [-0.2, 0) is 17.6 Å². The Labute approximate surface area is 240 Å². The largest absolute Gasteiger partial charge is 0.412 e. The van der Waals surface area contributed by atoms with Crippen molar-refractivity contribution in [2.24, 2.45) is 0 Å². The Balaban J connectivity index is 0.000000624. The fraction of sp³-hybridized carbons (Fsp3) is 0.231. The molecule has 0 saturated carbocycles. The highest BCUT2D eigenvalue weighted by atomic mass is 32.2. The number of anilines is 2. The minimum Gasteiger partial charge on any atom is -0.412 e. The lowest BCUT2D eigenvalue weighted by Crippen LogP contribution is -2.50. The summed E-state index contributed by atoms with van der Waals surface area (Å²) in [5, 5.41) is 6.50. The van der Waals surface area contributed by atoms with Crippen LogP contribution < -0.4 is 20.3 Å². The van der Waals surface area contributed by atoms with Crippen LogP contribution >= 0.6 is 23.6 Å². The van der Waals surface area contributed by atoms with E-state index < -0.39 is 29.6 Å². The predicted molar refractivity (Wildman–Crippen MR) is 158 cm³/mol. The van der Waals surface area contributed by atoms with Gasteiger partial charge in [0, 0.05) is 40.8 Å². The number of urea groups is 1. The van der Waals surface area contributed by atoms with Gasteiger partial charge in [-0.3, -0.25) is 9.52 Å². The molecule has 6 N–H and O–H groups in total. The van der Waals surface area contributed by atoms with Crippen LogP contribution in [-0.4, -0.2) is 51.6 Å². The molecule has 2 aromatic heterocycles. The van der Waals surface area contributed by atoms with Gasteiger partial charge in [0.25, 0.3) is 0 Å². The van der Waals surface area contributed by atoms with Crippen LogP contribution in [0.3, 0.4) is 0 Å². The molecule has 0 radical (unpaired) electrons. The van der Waals surface area contributed by atoms with Crippen molar-refractivity contribution in [1.82, 2.24) is 20.0 Å².